The van der Waals surface area contributed by atoms with Crippen molar-refractivity contribution in [1.82, 2.24) is 0 Å². The first-order valence-corrected chi connectivity index (χ1v) is 7.30. The quantitative estimate of drug-likeness (QED) is 0.642. The van der Waals surface area contributed by atoms with E-state index in [1.807, 2.05) is 13.0 Å². The number of rotatable bonds is 5. The van der Waals surface area contributed by atoms with Crippen LogP contribution in [0.1, 0.15) is 29.8 Å². The monoisotopic (exact) mass is 282 g/mol. The molecule has 0 bridgehead atoms. The Morgan fingerprint density at radius 2 is 2.11 bits per heavy atom. The van der Waals surface area contributed by atoms with Crippen molar-refractivity contribution in [3.63, 3.8) is 0 Å². The average molecular weight is 282 g/mol. The van der Waals surface area contributed by atoms with Crippen molar-refractivity contribution in [2.75, 3.05) is 31.0 Å². The molecule has 0 radical (unpaired) electrons. The molecule has 0 aliphatic heterocycles. The number of methoxy groups -OCH3 is 1. The van der Waals surface area contributed by atoms with E-state index >= 15 is 0 Å². The maximum Gasteiger partial charge on any atom is 0.340 e. The molecule has 0 spiro atoms. The Bertz CT molecular complexity index is 473. The van der Waals surface area contributed by atoms with Crippen molar-refractivity contribution < 1.29 is 9.53 Å². The summed E-state index contributed by atoms with van der Waals surface area (Å²) in [4.78, 5) is 11.7. The van der Waals surface area contributed by atoms with Gasteiger partial charge in [-0.25, -0.2) is 4.79 Å². The van der Waals surface area contributed by atoms with Gasteiger partial charge in [-0.3, -0.25) is 0 Å². The molecule has 4 nitrogen and oxygen atoms in total. The Morgan fingerprint density at radius 3 is 2.63 bits per heavy atom. The van der Waals surface area contributed by atoms with Crippen molar-refractivity contribution in [1.29, 1.82) is 0 Å². The fourth-order valence-corrected chi connectivity index (χ4v) is 1.78. The van der Waals surface area contributed by atoms with Crippen LogP contribution in [0.2, 0.25) is 0 Å². The first kappa shape index (κ1) is 15.7. The van der Waals surface area contributed by atoms with Crippen molar-refractivity contribution in [3.8, 4) is 0 Å². The van der Waals surface area contributed by atoms with Crippen LogP contribution in [-0.2, 0) is 4.74 Å². The SMILES string of the molecule is COC(=O)c1cc(NCC(C)(C)SC)cc(C)c1N. The highest BCUT2D eigenvalue weighted by Crippen LogP contribution is 2.26. The minimum Gasteiger partial charge on any atom is -0.465 e. The summed E-state index contributed by atoms with van der Waals surface area (Å²) >= 11 is 1.79. The van der Waals surface area contributed by atoms with E-state index in [9.17, 15) is 4.79 Å². The molecule has 5 heteroatoms. The van der Waals surface area contributed by atoms with Crippen molar-refractivity contribution in [2.45, 2.75) is 25.5 Å². The van der Waals surface area contributed by atoms with E-state index in [1.165, 1.54) is 7.11 Å². The molecule has 1 rings (SSSR count). The standard InChI is InChI=1S/C14H22N2O2S/c1-9-6-10(16-8-14(2,3)19-5)7-11(12(9)15)13(17)18-4/h6-7,16H,8,15H2,1-5H3. The zero-order valence-electron chi connectivity index (χ0n) is 12.2. The molecule has 0 saturated heterocycles. The zero-order valence-corrected chi connectivity index (χ0v) is 13.0. The van der Waals surface area contributed by atoms with Gasteiger partial charge in [0.25, 0.3) is 0 Å². The molecule has 0 unspecified atom stereocenters. The third kappa shape index (κ3) is 4.06. The molecule has 0 amide bonds. The average Bonchev–Trinajstić information content (AvgIpc) is 2.39. The summed E-state index contributed by atoms with van der Waals surface area (Å²) in [5.41, 5.74) is 8.54. The molecule has 1 aromatic carbocycles. The molecule has 19 heavy (non-hydrogen) atoms. The van der Waals surface area contributed by atoms with Crippen LogP contribution in [0.5, 0.6) is 0 Å². The molecule has 0 saturated carbocycles. The number of nitrogens with two attached hydrogens (primary N) is 1. The molecule has 0 atom stereocenters. The number of ether oxygens (including phenoxy) is 1. The van der Waals surface area contributed by atoms with Crippen molar-refractivity contribution in [3.05, 3.63) is 23.3 Å². The molecule has 0 heterocycles. The van der Waals surface area contributed by atoms with Gasteiger partial charge in [0.2, 0.25) is 0 Å². The van der Waals surface area contributed by atoms with Crippen LogP contribution in [0, 0.1) is 6.92 Å². The zero-order chi connectivity index (χ0) is 14.6. The lowest BCUT2D eigenvalue weighted by atomic mass is 10.1. The smallest absolute Gasteiger partial charge is 0.340 e. The number of nitrogen functional groups attached to an aromatic ring is 1. The van der Waals surface area contributed by atoms with E-state index in [4.69, 9.17) is 10.5 Å². The summed E-state index contributed by atoms with van der Waals surface area (Å²) in [5, 5.41) is 3.34. The summed E-state index contributed by atoms with van der Waals surface area (Å²) < 4.78 is 4.87. The van der Waals surface area contributed by atoms with Crippen LogP contribution in [0.25, 0.3) is 0 Å². The predicted octanol–water partition coefficient (Wildman–Crippen LogP) is 2.92. The van der Waals surface area contributed by atoms with Crippen LogP contribution in [0.3, 0.4) is 0 Å². The maximum absolute atomic E-state index is 11.7. The summed E-state index contributed by atoms with van der Waals surface area (Å²) in [6.07, 6.45) is 2.08. The van der Waals surface area contributed by atoms with Crippen LogP contribution < -0.4 is 11.1 Å². The van der Waals surface area contributed by atoms with Crippen LogP contribution in [-0.4, -0.2) is 30.6 Å². The lowest BCUT2D eigenvalue weighted by Crippen LogP contribution is -2.26. The van der Waals surface area contributed by atoms with Gasteiger partial charge < -0.3 is 15.8 Å². The summed E-state index contributed by atoms with van der Waals surface area (Å²) in [7, 11) is 1.36. The number of carbonyl (C=O) groups is 1. The van der Waals surface area contributed by atoms with E-state index in [0.717, 1.165) is 17.8 Å². The van der Waals surface area contributed by atoms with Gasteiger partial charge in [-0.2, -0.15) is 11.8 Å². The topological polar surface area (TPSA) is 64.3 Å². The lowest BCUT2D eigenvalue weighted by molar-refractivity contribution is 0.0602. The Hall–Kier alpha value is -1.36. The molecule has 0 aromatic heterocycles. The predicted molar refractivity (Wildman–Crippen MR) is 83.0 cm³/mol. The highest BCUT2D eigenvalue weighted by Gasteiger charge is 2.17. The van der Waals surface area contributed by atoms with Gasteiger partial charge in [-0.05, 0) is 44.7 Å². The van der Waals surface area contributed by atoms with Gasteiger partial charge in [-0.1, -0.05) is 0 Å². The van der Waals surface area contributed by atoms with E-state index < -0.39 is 5.97 Å². The number of benzene rings is 1. The van der Waals surface area contributed by atoms with Gasteiger partial charge >= 0.3 is 5.97 Å². The lowest BCUT2D eigenvalue weighted by Gasteiger charge is -2.23. The second-order valence-electron chi connectivity index (χ2n) is 5.06. The van der Waals surface area contributed by atoms with Crippen LogP contribution >= 0.6 is 11.8 Å². The van der Waals surface area contributed by atoms with Gasteiger partial charge in [0, 0.05) is 22.7 Å². The number of carbonyl (C=O) groups excluding carboxylic acids is 1. The molecule has 106 valence electrons. The maximum atomic E-state index is 11.7. The summed E-state index contributed by atoms with van der Waals surface area (Å²) in [6, 6.07) is 3.68. The highest BCUT2D eigenvalue weighted by molar-refractivity contribution is 7.99. The Balaban J connectivity index is 2.98. The largest absolute Gasteiger partial charge is 0.465 e. The molecule has 1 aromatic rings. The van der Waals surface area contributed by atoms with Gasteiger partial charge in [0.1, 0.15) is 0 Å². The number of anilines is 2. The van der Waals surface area contributed by atoms with Gasteiger partial charge in [0.15, 0.2) is 0 Å². The van der Waals surface area contributed by atoms with E-state index in [0.29, 0.717) is 11.3 Å². The Labute approximate surface area is 119 Å². The number of esters is 1. The number of hydrogen-bond acceptors (Lipinski definition) is 5. The van der Waals surface area contributed by atoms with Crippen LogP contribution in [0.4, 0.5) is 11.4 Å². The summed E-state index contributed by atoms with van der Waals surface area (Å²) in [5.74, 6) is -0.409. The molecule has 3 N–H and O–H groups in total. The molecule has 0 aliphatic carbocycles. The number of aryl methyl sites for hydroxylation is 1. The second-order valence-corrected chi connectivity index (χ2v) is 6.58. The minimum absolute atomic E-state index is 0.126. The van der Waals surface area contributed by atoms with E-state index in [1.54, 1.807) is 17.8 Å². The van der Waals surface area contributed by atoms with E-state index in [2.05, 4.69) is 25.4 Å². The van der Waals surface area contributed by atoms with Crippen molar-refractivity contribution >= 4 is 29.1 Å². The minimum atomic E-state index is -0.409. The Morgan fingerprint density at radius 1 is 1.47 bits per heavy atom. The summed E-state index contributed by atoms with van der Waals surface area (Å²) in [6.45, 7) is 7.01. The Kier molecular flexibility index (Phi) is 5.11. The molecular weight excluding hydrogens is 260 g/mol. The highest BCUT2D eigenvalue weighted by atomic mass is 32.2. The fraction of sp³-hybridized carbons (Fsp3) is 0.500. The third-order valence-electron chi connectivity index (χ3n) is 3.06. The molecule has 0 aliphatic rings. The fourth-order valence-electron chi connectivity index (χ4n) is 1.57. The second kappa shape index (κ2) is 6.19. The number of hydrogen-bond donors (Lipinski definition) is 2. The first-order chi connectivity index (χ1) is 8.80. The third-order valence-corrected chi connectivity index (χ3v) is 4.31. The van der Waals surface area contributed by atoms with E-state index in [-0.39, 0.29) is 4.75 Å². The van der Waals surface area contributed by atoms with Crippen LogP contribution in [0.15, 0.2) is 12.1 Å². The van der Waals surface area contributed by atoms with Gasteiger partial charge in [0.05, 0.1) is 12.7 Å². The number of thioether (sulfide) groups is 1. The molecular formula is C14H22N2O2S. The normalized spacial score (nSPS) is 11.2. The number of nitrogens with one attached hydrogen (secondary N) is 1. The van der Waals surface area contributed by atoms with Gasteiger partial charge in [-0.15, -0.1) is 0 Å². The molecule has 0 fully saturated rings. The first-order valence-electron chi connectivity index (χ1n) is 6.08. The van der Waals surface area contributed by atoms with Crippen molar-refractivity contribution in [2.24, 2.45) is 0 Å².